The summed E-state index contributed by atoms with van der Waals surface area (Å²) in [6.07, 6.45) is 10.8. The molecule has 2 saturated heterocycles. The number of anilines is 1. The summed E-state index contributed by atoms with van der Waals surface area (Å²) >= 11 is 0. The van der Waals surface area contributed by atoms with Crippen LogP contribution in [0.15, 0.2) is 6.07 Å². The molecule has 2 aliphatic heterocycles. The number of benzene rings is 1. The monoisotopic (exact) mass is 431 g/mol. The zero-order valence-corrected chi connectivity index (χ0v) is 18.7. The molecule has 6 nitrogen and oxygen atoms in total. The van der Waals surface area contributed by atoms with Crippen LogP contribution in [0.1, 0.15) is 74.1 Å². The van der Waals surface area contributed by atoms with E-state index in [4.69, 9.17) is 0 Å². The molecule has 5 rings (SSSR count). The molecule has 0 saturated carbocycles. The van der Waals surface area contributed by atoms with Crippen LogP contribution < -0.4 is 10.0 Å². The average molecular weight is 432 g/mol. The van der Waals surface area contributed by atoms with Crippen molar-refractivity contribution in [2.75, 3.05) is 11.9 Å². The third kappa shape index (κ3) is 3.54. The molecule has 2 fully saturated rings. The standard InChI is InChI=1S/C23H33N3O3S/c1-2-26-17-8-5-9-18(26)14-19(13-17)30(28,29)25-23(27)24-22-20-10-3-6-15(20)12-16-7-4-11-21(16)22/h12,17-19H,2-11,13-14H2,1H3,(H2,24,25,27)/t17-,18+,19?. The quantitative estimate of drug-likeness (QED) is 0.765. The van der Waals surface area contributed by atoms with E-state index in [1.54, 1.807) is 0 Å². The van der Waals surface area contributed by atoms with Gasteiger partial charge in [0, 0.05) is 17.8 Å². The van der Waals surface area contributed by atoms with E-state index in [-0.39, 0.29) is 0 Å². The minimum atomic E-state index is -3.69. The Balaban J connectivity index is 1.32. The number of nitrogens with zero attached hydrogens (tertiary/aromatic N) is 1. The number of aryl methyl sites for hydroxylation is 2. The van der Waals surface area contributed by atoms with Crippen LogP contribution in [0.4, 0.5) is 10.5 Å². The Kier molecular flexibility index (Phi) is 5.30. The third-order valence-corrected chi connectivity index (χ3v) is 9.57. The second-order valence-corrected chi connectivity index (χ2v) is 11.5. The first-order valence-corrected chi connectivity index (χ1v) is 13.3. The predicted molar refractivity (Wildman–Crippen MR) is 118 cm³/mol. The van der Waals surface area contributed by atoms with Gasteiger partial charge >= 0.3 is 6.03 Å². The number of carbonyl (C=O) groups excluding carboxylic acids is 1. The third-order valence-electron chi connectivity index (χ3n) is 7.83. The van der Waals surface area contributed by atoms with Crippen molar-refractivity contribution in [1.82, 2.24) is 9.62 Å². The Morgan fingerprint density at radius 3 is 2.17 bits per heavy atom. The van der Waals surface area contributed by atoms with Crippen molar-refractivity contribution in [3.05, 3.63) is 28.3 Å². The number of hydrogen-bond donors (Lipinski definition) is 2. The summed E-state index contributed by atoms with van der Waals surface area (Å²) < 4.78 is 28.6. The van der Waals surface area contributed by atoms with Crippen molar-refractivity contribution < 1.29 is 13.2 Å². The summed E-state index contributed by atoms with van der Waals surface area (Å²) in [6, 6.07) is 2.37. The smallest absolute Gasteiger partial charge is 0.307 e. The fourth-order valence-corrected chi connectivity index (χ4v) is 7.94. The maximum Gasteiger partial charge on any atom is 0.332 e. The minimum Gasteiger partial charge on any atom is -0.307 e. The first-order valence-electron chi connectivity index (χ1n) is 11.7. The van der Waals surface area contributed by atoms with Gasteiger partial charge in [-0.05, 0) is 93.0 Å². The molecule has 7 heteroatoms. The number of nitrogens with one attached hydrogen (secondary N) is 2. The Bertz CT molecular complexity index is 913. The van der Waals surface area contributed by atoms with Crippen LogP contribution >= 0.6 is 0 Å². The number of sulfonamides is 1. The van der Waals surface area contributed by atoms with Gasteiger partial charge in [-0.15, -0.1) is 0 Å². The number of amides is 2. The van der Waals surface area contributed by atoms with Gasteiger partial charge in [0.15, 0.2) is 0 Å². The zero-order chi connectivity index (χ0) is 20.9. The van der Waals surface area contributed by atoms with Crippen molar-refractivity contribution in [3.63, 3.8) is 0 Å². The number of piperidine rings is 2. The second kappa shape index (κ2) is 7.83. The highest BCUT2D eigenvalue weighted by Crippen LogP contribution is 2.39. The van der Waals surface area contributed by atoms with Gasteiger partial charge in [-0.25, -0.2) is 17.9 Å². The van der Waals surface area contributed by atoms with Gasteiger partial charge < -0.3 is 5.32 Å². The molecule has 1 aromatic rings. The van der Waals surface area contributed by atoms with E-state index in [0.717, 1.165) is 63.6 Å². The first kappa shape index (κ1) is 20.3. The average Bonchev–Trinajstić information content (AvgIpc) is 3.35. The molecule has 1 unspecified atom stereocenters. The van der Waals surface area contributed by atoms with Crippen LogP contribution in [-0.2, 0) is 35.7 Å². The molecule has 2 bridgehead atoms. The van der Waals surface area contributed by atoms with E-state index in [0.29, 0.717) is 24.9 Å². The Hall–Kier alpha value is -1.60. The molecule has 0 spiro atoms. The summed E-state index contributed by atoms with van der Waals surface area (Å²) in [5, 5.41) is 2.49. The fraction of sp³-hybridized carbons (Fsp3) is 0.696. The number of carbonyl (C=O) groups is 1. The van der Waals surface area contributed by atoms with Crippen LogP contribution in [0, 0.1) is 0 Å². The van der Waals surface area contributed by atoms with Crippen LogP contribution in [0.25, 0.3) is 0 Å². The van der Waals surface area contributed by atoms with Gasteiger partial charge in [0.05, 0.1) is 5.25 Å². The molecule has 0 aromatic heterocycles. The first-order chi connectivity index (χ1) is 14.5. The summed E-state index contributed by atoms with van der Waals surface area (Å²) in [6.45, 7) is 3.13. The molecule has 4 aliphatic rings. The lowest BCUT2D eigenvalue weighted by Gasteiger charge is -2.48. The second-order valence-electron chi connectivity index (χ2n) is 9.50. The molecular formula is C23H33N3O3S. The lowest BCUT2D eigenvalue weighted by Crippen LogP contribution is -2.56. The molecule has 3 atom stereocenters. The highest BCUT2D eigenvalue weighted by atomic mass is 32.2. The number of urea groups is 1. The molecule has 2 heterocycles. The topological polar surface area (TPSA) is 78.5 Å². The van der Waals surface area contributed by atoms with Gasteiger partial charge in [-0.2, -0.15) is 0 Å². The van der Waals surface area contributed by atoms with Crippen molar-refractivity contribution in [3.8, 4) is 0 Å². The van der Waals surface area contributed by atoms with E-state index in [9.17, 15) is 13.2 Å². The van der Waals surface area contributed by atoms with Crippen LogP contribution in [-0.4, -0.2) is 43.2 Å². The lowest BCUT2D eigenvalue weighted by atomic mass is 9.84. The largest absolute Gasteiger partial charge is 0.332 e. The maximum atomic E-state index is 13.1. The van der Waals surface area contributed by atoms with Crippen LogP contribution in [0.3, 0.4) is 0 Å². The summed E-state index contributed by atoms with van der Waals surface area (Å²) in [5.74, 6) is 0. The molecule has 0 radical (unpaired) electrons. The molecule has 2 N–H and O–H groups in total. The predicted octanol–water partition coefficient (Wildman–Crippen LogP) is 3.52. The highest BCUT2D eigenvalue weighted by molar-refractivity contribution is 7.90. The Morgan fingerprint density at radius 1 is 1.00 bits per heavy atom. The van der Waals surface area contributed by atoms with Crippen molar-refractivity contribution in [2.24, 2.45) is 0 Å². The Morgan fingerprint density at radius 2 is 1.60 bits per heavy atom. The van der Waals surface area contributed by atoms with E-state index >= 15 is 0 Å². The molecule has 164 valence electrons. The Labute approximate surface area is 179 Å². The summed E-state index contributed by atoms with van der Waals surface area (Å²) in [4.78, 5) is 15.3. The zero-order valence-electron chi connectivity index (χ0n) is 17.9. The van der Waals surface area contributed by atoms with Crippen molar-refractivity contribution >= 4 is 21.7 Å². The van der Waals surface area contributed by atoms with Gasteiger partial charge in [-0.1, -0.05) is 19.4 Å². The van der Waals surface area contributed by atoms with Gasteiger partial charge in [0.2, 0.25) is 10.0 Å². The number of rotatable bonds is 4. The summed E-state index contributed by atoms with van der Waals surface area (Å²) in [7, 11) is -3.69. The van der Waals surface area contributed by atoms with E-state index in [2.05, 4.69) is 27.9 Å². The maximum absolute atomic E-state index is 13.1. The molecular weight excluding hydrogens is 398 g/mol. The molecule has 1 aromatic carbocycles. The highest BCUT2D eigenvalue weighted by Gasteiger charge is 2.42. The van der Waals surface area contributed by atoms with Crippen LogP contribution in [0.5, 0.6) is 0 Å². The van der Waals surface area contributed by atoms with E-state index < -0.39 is 21.3 Å². The molecule has 2 aliphatic carbocycles. The van der Waals surface area contributed by atoms with Gasteiger partial charge in [0.1, 0.15) is 0 Å². The number of hydrogen-bond acceptors (Lipinski definition) is 4. The summed E-state index contributed by atoms with van der Waals surface area (Å²) in [5.41, 5.74) is 5.98. The van der Waals surface area contributed by atoms with Crippen LogP contribution in [0.2, 0.25) is 0 Å². The molecule has 30 heavy (non-hydrogen) atoms. The number of fused-ring (bicyclic) bond motifs is 4. The normalized spacial score (nSPS) is 28.1. The lowest BCUT2D eigenvalue weighted by molar-refractivity contribution is 0.0475. The van der Waals surface area contributed by atoms with E-state index in [1.165, 1.54) is 28.7 Å². The van der Waals surface area contributed by atoms with Gasteiger partial charge in [0.25, 0.3) is 0 Å². The van der Waals surface area contributed by atoms with Crippen molar-refractivity contribution in [2.45, 2.75) is 94.9 Å². The van der Waals surface area contributed by atoms with Gasteiger partial charge in [-0.3, -0.25) is 4.90 Å². The van der Waals surface area contributed by atoms with Crippen molar-refractivity contribution in [1.29, 1.82) is 0 Å². The molecule has 2 amide bonds. The van der Waals surface area contributed by atoms with E-state index in [1.807, 2.05) is 0 Å². The SMILES string of the molecule is CCN1[C@@H]2CCC[C@H]1CC(S(=O)(=O)NC(=O)Nc1c3c(cc4c1CCC4)CCC3)C2. The fourth-order valence-electron chi connectivity index (χ4n) is 6.52. The minimum absolute atomic E-state index is 0.327.